The van der Waals surface area contributed by atoms with Gasteiger partial charge in [-0.1, -0.05) is 72.3 Å². The minimum Gasteiger partial charge on any atom is -0.378 e. The van der Waals surface area contributed by atoms with Crippen LogP contribution in [0.5, 0.6) is 0 Å². The molecule has 1 saturated heterocycles. The number of rotatable bonds is 4. The van der Waals surface area contributed by atoms with Crippen LogP contribution in [0.15, 0.2) is 84.9 Å². The number of hydrogen-bond donors (Lipinski definition) is 0. The number of nitrogens with zero attached hydrogens (tertiary/aromatic N) is 3. The van der Waals surface area contributed by atoms with E-state index >= 15 is 0 Å². The van der Waals surface area contributed by atoms with Crippen molar-refractivity contribution in [2.45, 2.75) is 13.5 Å². The molecule has 6 rings (SSSR count). The lowest BCUT2D eigenvalue weighted by Gasteiger charge is -2.26. The minimum absolute atomic E-state index is 0.0370. The Morgan fingerprint density at radius 2 is 1.69 bits per heavy atom. The number of benzene rings is 4. The predicted octanol–water partition coefficient (Wildman–Crippen LogP) is 5.69. The van der Waals surface area contributed by atoms with Crippen molar-refractivity contribution in [2.75, 3.05) is 26.3 Å². The average molecular weight is 462 g/mol. The first kappa shape index (κ1) is 21.6. The molecule has 1 aliphatic rings. The van der Waals surface area contributed by atoms with Crippen LogP contribution in [-0.2, 0) is 11.3 Å². The summed E-state index contributed by atoms with van der Waals surface area (Å²) in [7, 11) is 0. The highest BCUT2D eigenvalue weighted by Crippen LogP contribution is 2.32. The third-order valence-corrected chi connectivity index (χ3v) is 6.79. The minimum atomic E-state index is 0.0370. The van der Waals surface area contributed by atoms with E-state index in [-0.39, 0.29) is 5.91 Å². The predicted molar refractivity (Wildman–Crippen MR) is 140 cm³/mol. The van der Waals surface area contributed by atoms with Crippen molar-refractivity contribution in [1.29, 1.82) is 0 Å². The molecule has 1 amide bonds. The van der Waals surface area contributed by atoms with Gasteiger partial charge in [0.05, 0.1) is 24.2 Å². The lowest BCUT2D eigenvalue weighted by atomic mass is 10.0. The summed E-state index contributed by atoms with van der Waals surface area (Å²) in [6.07, 6.45) is 0. The molecular formula is C30H27N3O2. The van der Waals surface area contributed by atoms with Gasteiger partial charge < -0.3 is 14.2 Å². The highest BCUT2D eigenvalue weighted by molar-refractivity contribution is 6.00. The Morgan fingerprint density at radius 1 is 0.914 bits per heavy atom. The largest absolute Gasteiger partial charge is 0.378 e. The summed E-state index contributed by atoms with van der Waals surface area (Å²) in [5.74, 6) is 0.948. The highest BCUT2D eigenvalue weighted by atomic mass is 16.5. The van der Waals surface area contributed by atoms with Gasteiger partial charge in [-0.3, -0.25) is 4.79 Å². The molecule has 35 heavy (non-hydrogen) atoms. The number of aromatic nitrogens is 2. The normalized spacial score (nSPS) is 14.0. The molecule has 174 valence electrons. The van der Waals surface area contributed by atoms with Crippen LogP contribution in [0.1, 0.15) is 21.5 Å². The zero-order chi connectivity index (χ0) is 23.8. The summed E-state index contributed by atoms with van der Waals surface area (Å²) in [5.41, 5.74) is 6.07. The first-order valence-electron chi connectivity index (χ1n) is 12.1. The van der Waals surface area contributed by atoms with Crippen molar-refractivity contribution in [1.82, 2.24) is 14.5 Å². The van der Waals surface area contributed by atoms with Crippen molar-refractivity contribution in [2.24, 2.45) is 0 Å². The summed E-state index contributed by atoms with van der Waals surface area (Å²) in [6, 6.07) is 29.3. The topological polar surface area (TPSA) is 47.4 Å². The number of ether oxygens (including phenoxy) is 1. The molecule has 1 aromatic heterocycles. The van der Waals surface area contributed by atoms with E-state index in [0.717, 1.165) is 22.4 Å². The zero-order valence-electron chi connectivity index (χ0n) is 19.8. The van der Waals surface area contributed by atoms with Crippen molar-refractivity contribution in [3.05, 3.63) is 102 Å². The van der Waals surface area contributed by atoms with Crippen molar-refractivity contribution < 1.29 is 9.53 Å². The fraction of sp³-hybridized carbons (Fsp3) is 0.200. The molecule has 1 aliphatic heterocycles. The summed E-state index contributed by atoms with van der Waals surface area (Å²) in [6.45, 7) is 5.23. The summed E-state index contributed by atoms with van der Waals surface area (Å²) in [5, 5.41) is 2.35. The molecule has 0 bridgehead atoms. The van der Waals surface area contributed by atoms with Crippen molar-refractivity contribution in [3.63, 3.8) is 0 Å². The van der Waals surface area contributed by atoms with E-state index in [2.05, 4.69) is 78.2 Å². The first-order chi connectivity index (χ1) is 17.2. The third kappa shape index (κ3) is 4.08. The van der Waals surface area contributed by atoms with Crippen molar-refractivity contribution in [3.8, 4) is 11.4 Å². The molecule has 1 fully saturated rings. The van der Waals surface area contributed by atoms with E-state index in [1.807, 2.05) is 23.1 Å². The number of imidazole rings is 1. The molecule has 2 heterocycles. The van der Waals surface area contributed by atoms with E-state index in [0.29, 0.717) is 38.4 Å². The standard InChI is InChI=1S/C30H27N3O2/c1-21-9-11-22(12-10-21)20-33-28-14-13-24(30(34)32-15-17-35-18-16-32)19-27(28)31-29(33)26-8-4-6-23-5-2-3-7-25(23)26/h2-14,19H,15-18,20H2,1H3. The Balaban J connectivity index is 1.50. The smallest absolute Gasteiger partial charge is 0.254 e. The molecule has 4 aromatic carbocycles. The Labute approximate surface area is 204 Å². The van der Waals surface area contributed by atoms with Gasteiger partial charge in [-0.05, 0) is 41.5 Å². The molecule has 0 spiro atoms. The number of amides is 1. The van der Waals surface area contributed by atoms with Gasteiger partial charge in [0.15, 0.2) is 0 Å². The van der Waals surface area contributed by atoms with Gasteiger partial charge in [-0.15, -0.1) is 0 Å². The van der Waals surface area contributed by atoms with Crippen LogP contribution in [0.4, 0.5) is 0 Å². The molecule has 0 saturated carbocycles. The summed E-state index contributed by atoms with van der Waals surface area (Å²) < 4.78 is 7.68. The molecule has 5 heteroatoms. The fourth-order valence-electron chi connectivity index (χ4n) is 4.87. The van der Waals surface area contributed by atoms with Crippen molar-refractivity contribution >= 4 is 27.7 Å². The maximum absolute atomic E-state index is 13.1. The number of aryl methyl sites for hydroxylation is 1. The van der Waals surface area contributed by atoms with Gasteiger partial charge in [-0.2, -0.15) is 0 Å². The second-order valence-corrected chi connectivity index (χ2v) is 9.14. The van der Waals surface area contributed by atoms with Crippen LogP contribution < -0.4 is 0 Å². The molecule has 5 aromatic rings. The quantitative estimate of drug-likeness (QED) is 0.346. The summed E-state index contributed by atoms with van der Waals surface area (Å²) >= 11 is 0. The number of carbonyl (C=O) groups excluding carboxylic acids is 1. The van der Waals surface area contributed by atoms with Gasteiger partial charge in [-0.25, -0.2) is 4.98 Å². The lowest BCUT2D eigenvalue weighted by molar-refractivity contribution is 0.0303. The maximum atomic E-state index is 13.1. The summed E-state index contributed by atoms with van der Waals surface area (Å²) in [4.78, 5) is 20.1. The Bertz CT molecular complexity index is 1520. The maximum Gasteiger partial charge on any atom is 0.254 e. The molecule has 0 N–H and O–H groups in total. The van der Waals surface area contributed by atoms with Crippen LogP contribution in [0, 0.1) is 6.92 Å². The number of morpholine rings is 1. The molecule has 0 atom stereocenters. The van der Waals surface area contributed by atoms with E-state index in [1.165, 1.54) is 21.9 Å². The van der Waals surface area contributed by atoms with Crippen LogP contribution >= 0.6 is 0 Å². The lowest BCUT2D eigenvalue weighted by Crippen LogP contribution is -2.40. The monoisotopic (exact) mass is 461 g/mol. The SMILES string of the molecule is Cc1ccc(Cn2c(-c3cccc4ccccc34)nc3cc(C(=O)N4CCOCC4)ccc32)cc1. The highest BCUT2D eigenvalue weighted by Gasteiger charge is 2.21. The van der Waals surface area contributed by atoms with Crippen LogP contribution in [0.3, 0.4) is 0 Å². The Kier molecular flexibility index (Phi) is 5.55. The van der Waals surface area contributed by atoms with Crippen LogP contribution in [0.2, 0.25) is 0 Å². The van der Waals surface area contributed by atoms with Crippen LogP contribution in [0.25, 0.3) is 33.2 Å². The van der Waals surface area contributed by atoms with Gasteiger partial charge in [0.1, 0.15) is 5.82 Å². The van der Waals surface area contributed by atoms with Crippen LogP contribution in [-0.4, -0.2) is 46.7 Å². The number of fused-ring (bicyclic) bond motifs is 2. The first-order valence-corrected chi connectivity index (χ1v) is 12.1. The number of carbonyl (C=O) groups is 1. The third-order valence-electron chi connectivity index (χ3n) is 6.79. The average Bonchev–Trinajstić information content (AvgIpc) is 3.27. The number of hydrogen-bond acceptors (Lipinski definition) is 3. The second-order valence-electron chi connectivity index (χ2n) is 9.14. The fourth-order valence-corrected chi connectivity index (χ4v) is 4.87. The van der Waals surface area contributed by atoms with Gasteiger partial charge in [0.2, 0.25) is 0 Å². The van der Waals surface area contributed by atoms with Gasteiger partial charge >= 0.3 is 0 Å². The molecule has 0 unspecified atom stereocenters. The Morgan fingerprint density at radius 3 is 2.51 bits per heavy atom. The molecular weight excluding hydrogens is 434 g/mol. The van der Waals surface area contributed by atoms with E-state index in [9.17, 15) is 4.79 Å². The van der Waals surface area contributed by atoms with E-state index in [1.54, 1.807) is 0 Å². The molecule has 5 nitrogen and oxygen atoms in total. The molecule has 0 radical (unpaired) electrons. The van der Waals surface area contributed by atoms with E-state index < -0.39 is 0 Å². The zero-order valence-corrected chi connectivity index (χ0v) is 19.8. The van der Waals surface area contributed by atoms with Gasteiger partial charge in [0.25, 0.3) is 5.91 Å². The van der Waals surface area contributed by atoms with E-state index in [4.69, 9.17) is 9.72 Å². The second kappa shape index (κ2) is 9.01. The molecule has 0 aliphatic carbocycles. The van der Waals surface area contributed by atoms with Gasteiger partial charge in [0, 0.05) is 30.8 Å². The Hall–Kier alpha value is -3.96.